The zero-order chi connectivity index (χ0) is 6.95. The SMILES string of the molecule is C=CCCOCCCC. The van der Waals surface area contributed by atoms with Crippen LogP contribution in [0.25, 0.3) is 0 Å². The van der Waals surface area contributed by atoms with E-state index in [0.29, 0.717) is 0 Å². The molecule has 0 aliphatic carbocycles. The topological polar surface area (TPSA) is 9.23 Å². The first kappa shape index (κ1) is 8.70. The summed E-state index contributed by atoms with van der Waals surface area (Å²) in [6.45, 7) is 7.51. The third-order valence-corrected chi connectivity index (χ3v) is 1.11. The standard InChI is InChI=1S/C8H16O/c1-3-5-7-9-8-6-4-2/h3H,1,4-8H2,2H3. The van der Waals surface area contributed by atoms with Crippen LogP contribution in [0.2, 0.25) is 0 Å². The highest BCUT2D eigenvalue weighted by Gasteiger charge is 1.82. The Kier molecular flexibility index (Phi) is 7.44. The van der Waals surface area contributed by atoms with E-state index >= 15 is 0 Å². The maximum absolute atomic E-state index is 5.24. The van der Waals surface area contributed by atoms with Crippen molar-refractivity contribution < 1.29 is 4.74 Å². The van der Waals surface area contributed by atoms with Gasteiger partial charge in [0, 0.05) is 13.2 Å². The number of unbranched alkanes of at least 4 members (excludes halogenated alkanes) is 1. The quantitative estimate of drug-likeness (QED) is 0.394. The Morgan fingerprint density at radius 3 is 2.78 bits per heavy atom. The molecule has 0 aromatic carbocycles. The summed E-state index contributed by atoms with van der Waals surface area (Å²) in [6.07, 6.45) is 5.25. The molecular formula is C8H16O. The number of hydrogen-bond donors (Lipinski definition) is 0. The lowest BCUT2D eigenvalue weighted by Gasteiger charge is -1.98. The van der Waals surface area contributed by atoms with Crippen molar-refractivity contribution in [2.75, 3.05) is 13.2 Å². The number of rotatable bonds is 6. The van der Waals surface area contributed by atoms with Crippen molar-refractivity contribution in [1.82, 2.24) is 0 Å². The third-order valence-electron chi connectivity index (χ3n) is 1.11. The highest BCUT2D eigenvalue weighted by molar-refractivity contribution is 4.64. The fourth-order valence-corrected chi connectivity index (χ4v) is 0.515. The minimum Gasteiger partial charge on any atom is -0.381 e. The first-order valence-electron chi connectivity index (χ1n) is 3.60. The second kappa shape index (κ2) is 7.70. The summed E-state index contributed by atoms with van der Waals surface area (Å²) >= 11 is 0. The molecular weight excluding hydrogens is 112 g/mol. The van der Waals surface area contributed by atoms with Crippen LogP contribution in [0, 0.1) is 0 Å². The zero-order valence-electron chi connectivity index (χ0n) is 6.23. The van der Waals surface area contributed by atoms with Crippen LogP contribution in [0.15, 0.2) is 12.7 Å². The van der Waals surface area contributed by atoms with E-state index in [9.17, 15) is 0 Å². The van der Waals surface area contributed by atoms with Gasteiger partial charge in [-0.25, -0.2) is 0 Å². The normalized spacial score (nSPS) is 9.44. The van der Waals surface area contributed by atoms with Crippen molar-refractivity contribution in [2.45, 2.75) is 26.2 Å². The van der Waals surface area contributed by atoms with E-state index in [-0.39, 0.29) is 0 Å². The molecule has 0 bridgehead atoms. The van der Waals surface area contributed by atoms with Crippen LogP contribution in [-0.2, 0) is 4.74 Å². The van der Waals surface area contributed by atoms with E-state index < -0.39 is 0 Å². The minimum atomic E-state index is 0.837. The van der Waals surface area contributed by atoms with E-state index in [1.807, 2.05) is 6.08 Å². The lowest BCUT2D eigenvalue weighted by Crippen LogP contribution is -1.94. The fraction of sp³-hybridized carbons (Fsp3) is 0.750. The molecule has 0 amide bonds. The molecule has 0 heterocycles. The number of hydrogen-bond acceptors (Lipinski definition) is 1. The van der Waals surface area contributed by atoms with Crippen LogP contribution >= 0.6 is 0 Å². The summed E-state index contributed by atoms with van der Waals surface area (Å²) in [4.78, 5) is 0. The first-order valence-corrected chi connectivity index (χ1v) is 3.60. The van der Waals surface area contributed by atoms with E-state index in [1.165, 1.54) is 12.8 Å². The molecule has 0 spiro atoms. The average Bonchev–Trinajstić information content (AvgIpc) is 1.89. The van der Waals surface area contributed by atoms with Gasteiger partial charge in [0.05, 0.1) is 0 Å². The minimum absolute atomic E-state index is 0.837. The zero-order valence-corrected chi connectivity index (χ0v) is 6.23. The molecule has 0 aliphatic rings. The molecule has 9 heavy (non-hydrogen) atoms. The van der Waals surface area contributed by atoms with Crippen molar-refractivity contribution >= 4 is 0 Å². The maximum atomic E-state index is 5.24. The summed E-state index contributed by atoms with van der Waals surface area (Å²) < 4.78 is 5.24. The first-order chi connectivity index (χ1) is 4.41. The van der Waals surface area contributed by atoms with Gasteiger partial charge >= 0.3 is 0 Å². The van der Waals surface area contributed by atoms with Crippen LogP contribution in [-0.4, -0.2) is 13.2 Å². The van der Waals surface area contributed by atoms with Gasteiger partial charge in [0.1, 0.15) is 0 Å². The molecule has 0 aliphatic heterocycles. The molecule has 1 nitrogen and oxygen atoms in total. The van der Waals surface area contributed by atoms with E-state index in [1.54, 1.807) is 0 Å². The van der Waals surface area contributed by atoms with Crippen LogP contribution in [0.1, 0.15) is 26.2 Å². The monoisotopic (exact) mass is 128 g/mol. The largest absolute Gasteiger partial charge is 0.381 e. The molecule has 0 unspecified atom stereocenters. The van der Waals surface area contributed by atoms with Crippen molar-refractivity contribution in [1.29, 1.82) is 0 Å². The Labute approximate surface area is 57.7 Å². The van der Waals surface area contributed by atoms with Crippen LogP contribution in [0.4, 0.5) is 0 Å². The number of ether oxygens (including phenoxy) is 1. The molecule has 0 saturated heterocycles. The molecule has 0 rings (SSSR count). The van der Waals surface area contributed by atoms with Crippen LogP contribution < -0.4 is 0 Å². The van der Waals surface area contributed by atoms with E-state index in [0.717, 1.165) is 19.6 Å². The van der Waals surface area contributed by atoms with E-state index in [4.69, 9.17) is 4.74 Å². The Bertz CT molecular complexity index is 59.6. The van der Waals surface area contributed by atoms with Crippen molar-refractivity contribution in [3.63, 3.8) is 0 Å². The lowest BCUT2D eigenvalue weighted by atomic mass is 10.4. The Morgan fingerprint density at radius 1 is 1.44 bits per heavy atom. The molecule has 54 valence electrons. The van der Waals surface area contributed by atoms with Gasteiger partial charge in [-0.15, -0.1) is 6.58 Å². The van der Waals surface area contributed by atoms with Gasteiger partial charge in [-0.2, -0.15) is 0 Å². The van der Waals surface area contributed by atoms with E-state index in [2.05, 4.69) is 13.5 Å². The van der Waals surface area contributed by atoms with Gasteiger partial charge in [0.2, 0.25) is 0 Å². The molecule has 0 radical (unpaired) electrons. The van der Waals surface area contributed by atoms with Gasteiger partial charge in [-0.1, -0.05) is 19.4 Å². The molecule has 0 atom stereocenters. The third kappa shape index (κ3) is 7.70. The highest BCUT2D eigenvalue weighted by Crippen LogP contribution is 1.89. The molecule has 0 N–H and O–H groups in total. The molecule has 0 fully saturated rings. The van der Waals surface area contributed by atoms with Crippen LogP contribution in [0.5, 0.6) is 0 Å². The second-order valence-corrected chi connectivity index (χ2v) is 2.04. The fourth-order valence-electron chi connectivity index (χ4n) is 0.515. The summed E-state index contributed by atoms with van der Waals surface area (Å²) in [5.41, 5.74) is 0. The van der Waals surface area contributed by atoms with Gasteiger partial charge in [-0.3, -0.25) is 0 Å². The highest BCUT2D eigenvalue weighted by atomic mass is 16.5. The summed E-state index contributed by atoms with van der Waals surface area (Å²) in [5.74, 6) is 0. The van der Waals surface area contributed by atoms with Crippen molar-refractivity contribution in [3.8, 4) is 0 Å². The Morgan fingerprint density at radius 2 is 2.22 bits per heavy atom. The Balaban J connectivity index is 2.66. The summed E-state index contributed by atoms with van der Waals surface area (Å²) in [7, 11) is 0. The van der Waals surface area contributed by atoms with Crippen LogP contribution in [0.3, 0.4) is 0 Å². The molecule has 0 saturated carbocycles. The molecule has 0 aromatic rings. The van der Waals surface area contributed by atoms with Crippen molar-refractivity contribution in [3.05, 3.63) is 12.7 Å². The molecule has 0 aromatic heterocycles. The second-order valence-electron chi connectivity index (χ2n) is 2.04. The maximum Gasteiger partial charge on any atom is 0.0500 e. The van der Waals surface area contributed by atoms with Gasteiger partial charge < -0.3 is 4.74 Å². The summed E-state index contributed by atoms with van der Waals surface area (Å²) in [5, 5.41) is 0. The average molecular weight is 128 g/mol. The smallest absolute Gasteiger partial charge is 0.0500 e. The molecule has 1 heteroatoms. The predicted molar refractivity (Wildman–Crippen MR) is 40.5 cm³/mol. The lowest BCUT2D eigenvalue weighted by molar-refractivity contribution is 0.136. The summed E-state index contributed by atoms with van der Waals surface area (Å²) in [6, 6.07) is 0. The van der Waals surface area contributed by atoms with Gasteiger partial charge in [0.15, 0.2) is 0 Å². The predicted octanol–water partition coefficient (Wildman–Crippen LogP) is 2.38. The van der Waals surface area contributed by atoms with Gasteiger partial charge in [-0.05, 0) is 12.8 Å². The Hall–Kier alpha value is -0.300. The van der Waals surface area contributed by atoms with Crippen molar-refractivity contribution in [2.24, 2.45) is 0 Å². The van der Waals surface area contributed by atoms with Gasteiger partial charge in [0.25, 0.3) is 0 Å².